The van der Waals surface area contributed by atoms with Gasteiger partial charge in [0.25, 0.3) is 0 Å². The van der Waals surface area contributed by atoms with Gasteiger partial charge in [-0.05, 0) is 173 Å². The molecule has 7 heterocycles. The molecule has 3 N–H and O–H groups in total. The topological polar surface area (TPSA) is 260 Å². The lowest BCUT2D eigenvalue weighted by Crippen LogP contribution is -2.30. The van der Waals surface area contributed by atoms with Crippen molar-refractivity contribution >= 4 is 97.1 Å². The van der Waals surface area contributed by atoms with Crippen molar-refractivity contribution in [3.63, 3.8) is 0 Å². The Kier molecular flexibility index (Phi) is 32.4. The molecule has 7 aromatic heterocycles. The van der Waals surface area contributed by atoms with Crippen LogP contribution in [-0.2, 0) is 52.9 Å². The number of pyridine rings is 4. The Balaban J connectivity index is 0.000000234. The van der Waals surface area contributed by atoms with Crippen molar-refractivity contribution in [1.82, 2.24) is 49.8 Å². The van der Waals surface area contributed by atoms with Crippen LogP contribution in [0.4, 0.5) is 17.5 Å². The Morgan fingerprint density at radius 3 is 1.13 bits per heavy atom. The van der Waals surface area contributed by atoms with Gasteiger partial charge in [-0.15, -0.1) is 0 Å². The molecule has 20 nitrogen and oxygen atoms in total. The van der Waals surface area contributed by atoms with Gasteiger partial charge in [0.15, 0.2) is 29.0 Å². The van der Waals surface area contributed by atoms with Crippen LogP contribution in [0.1, 0.15) is 163 Å². The van der Waals surface area contributed by atoms with E-state index in [1.54, 1.807) is 18.2 Å². The summed E-state index contributed by atoms with van der Waals surface area (Å²) in [6, 6.07) is 14.5. The van der Waals surface area contributed by atoms with Gasteiger partial charge in [0.1, 0.15) is 45.8 Å². The molecular weight excluding hydrogens is 1400 g/mol. The fraction of sp³-hybridized carbons (Fsp3) is 0.527. The zero-order valence-corrected chi connectivity index (χ0v) is 65.3. The molecule has 0 aliphatic heterocycles. The van der Waals surface area contributed by atoms with Crippen molar-refractivity contribution in [2.45, 2.75) is 174 Å². The summed E-state index contributed by atoms with van der Waals surface area (Å²) < 4.78 is 6.35. The van der Waals surface area contributed by atoms with Gasteiger partial charge in [0.05, 0.1) is 45.1 Å². The first kappa shape index (κ1) is 83.2. The number of hydrogen-bond acceptors (Lipinski definition) is 20. The van der Waals surface area contributed by atoms with Gasteiger partial charge in [0.2, 0.25) is 5.28 Å². The summed E-state index contributed by atoms with van der Waals surface area (Å²) in [5, 5.41) is 26.7. The van der Waals surface area contributed by atoms with E-state index in [2.05, 4.69) is 108 Å². The van der Waals surface area contributed by atoms with E-state index in [1.165, 1.54) is 0 Å². The number of fused-ring (bicyclic) bond motifs is 3. The number of Topliss-reactive ketones (excluding diaryl/α,β-unsaturated/α-hetero) is 3. The Hall–Kier alpha value is -6.43. The van der Waals surface area contributed by atoms with Gasteiger partial charge in [-0.25, -0.2) is 44.9 Å². The zero-order chi connectivity index (χ0) is 73.7. The molecule has 0 radical (unpaired) electrons. The van der Waals surface area contributed by atoms with Crippen molar-refractivity contribution in [3.05, 3.63) is 136 Å². The molecule has 0 saturated carbocycles. The fourth-order valence-electron chi connectivity index (χ4n) is 11.5. The van der Waals surface area contributed by atoms with Crippen molar-refractivity contribution in [2.24, 2.45) is 16.2 Å². The summed E-state index contributed by atoms with van der Waals surface area (Å²) in [6.45, 7) is 29.2. The molecule has 538 valence electrons. The minimum Gasteiger partial charge on any atom is -0.491 e. The smallest absolute Gasteiger partial charge is 0.224 e. The van der Waals surface area contributed by atoms with Gasteiger partial charge in [-0.3, -0.25) is 19.4 Å². The first-order valence-corrected chi connectivity index (χ1v) is 35.7. The first-order chi connectivity index (χ1) is 46.3. The third-order valence-electron chi connectivity index (χ3n) is 14.9. The summed E-state index contributed by atoms with van der Waals surface area (Å²) in [5.41, 5.74) is 12.3. The molecule has 0 saturated heterocycles. The van der Waals surface area contributed by atoms with E-state index in [0.29, 0.717) is 72.7 Å². The number of rotatable bonds is 18. The predicted molar refractivity (Wildman–Crippen MR) is 402 cm³/mol. The summed E-state index contributed by atoms with van der Waals surface area (Å²) in [5.74, 6) is 4.86. The van der Waals surface area contributed by atoms with Crippen LogP contribution in [0, 0.1) is 50.9 Å². The van der Waals surface area contributed by atoms with E-state index < -0.39 is 0 Å². The number of ketones is 3. The highest BCUT2D eigenvalue weighted by atomic mass is 79.9. The maximum absolute atomic E-state index is 12.6. The van der Waals surface area contributed by atoms with Crippen molar-refractivity contribution < 1.29 is 34.4 Å². The van der Waals surface area contributed by atoms with Crippen LogP contribution < -0.4 is 19.4 Å². The van der Waals surface area contributed by atoms with Crippen LogP contribution >= 0.6 is 62.3 Å². The van der Waals surface area contributed by atoms with E-state index in [0.717, 1.165) is 152 Å². The van der Waals surface area contributed by atoms with Crippen LogP contribution in [0.25, 0.3) is 23.0 Å². The molecule has 0 aromatic carbocycles. The quantitative estimate of drug-likeness (QED) is 0.0533. The molecule has 0 atom stereocenters. The third kappa shape index (κ3) is 28.9. The molecule has 7 aromatic rings. The maximum Gasteiger partial charge on any atom is 0.224 e. The molecule has 0 fully saturated rings. The van der Waals surface area contributed by atoms with Crippen LogP contribution in [-0.4, -0.2) is 150 Å². The molecule has 0 amide bonds. The van der Waals surface area contributed by atoms with E-state index in [1.807, 2.05) is 101 Å². The number of ether oxygens (including phenoxy) is 1. The third-order valence-corrected chi connectivity index (χ3v) is 16.1. The molecule has 25 heteroatoms. The van der Waals surface area contributed by atoms with E-state index >= 15 is 0 Å². The summed E-state index contributed by atoms with van der Waals surface area (Å²) >= 11 is 26.8. The van der Waals surface area contributed by atoms with E-state index in [4.69, 9.17) is 86.4 Å². The van der Waals surface area contributed by atoms with Crippen molar-refractivity contribution in [3.8, 4) is 28.8 Å². The average Bonchev–Trinajstić information content (AvgIpc) is 1.76. The molecule has 10 rings (SSSR count). The van der Waals surface area contributed by atoms with Crippen molar-refractivity contribution in [2.75, 3.05) is 81.9 Å². The number of hydrogen-bond donors (Lipinski definition) is 3. The number of halogens is 5. The molecule has 0 spiro atoms. The molecule has 99 heavy (non-hydrogen) atoms. The highest BCUT2D eigenvalue weighted by molar-refractivity contribution is 9.10. The summed E-state index contributed by atoms with van der Waals surface area (Å²) in [4.78, 5) is 88.0. The number of aryl methyl sites for hydroxylation is 8. The minimum absolute atomic E-state index is 0.0149. The zero-order valence-electron chi connectivity index (χ0n) is 60.7. The number of likely N-dealkylation sites (N-methyl/N-ethyl adjacent to an activating group) is 3. The molecule has 0 unspecified atom stereocenters. The second-order valence-electron chi connectivity index (χ2n) is 28.8. The number of anilines is 3. The van der Waals surface area contributed by atoms with Crippen LogP contribution in [0.15, 0.2) is 53.1 Å². The van der Waals surface area contributed by atoms with Crippen LogP contribution in [0.2, 0.25) is 20.4 Å². The van der Waals surface area contributed by atoms with Gasteiger partial charge >= 0.3 is 0 Å². The lowest BCUT2D eigenvalue weighted by atomic mass is 9.90. The van der Waals surface area contributed by atoms with Gasteiger partial charge in [-0.1, -0.05) is 97.1 Å². The van der Waals surface area contributed by atoms with E-state index in [-0.39, 0.29) is 65.3 Å². The average molecular weight is 1510 g/mol. The Morgan fingerprint density at radius 2 is 0.778 bits per heavy atom. The number of aromatic nitrogens is 10. The van der Waals surface area contributed by atoms with Crippen LogP contribution in [0.5, 0.6) is 5.75 Å². The molecular formula is C74H100BrCl4N13O7. The number of aliphatic hydroxyl groups excluding tert-OH is 3. The second kappa shape index (κ2) is 38.6. The summed E-state index contributed by atoms with van der Waals surface area (Å²) in [6.07, 6.45) is 10.5. The molecule has 0 bridgehead atoms. The largest absolute Gasteiger partial charge is 0.491 e. The first-order valence-electron chi connectivity index (χ1n) is 33.4. The molecule has 3 aliphatic carbocycles. The number of nitrogens with zero attached hydrogens (tertiary/aromatic N) is 13. The fourth-order valence-corrected chi connectivity index (χ4v) is 13.1. The SMILES string of the molecule is CN(CC(=O)CC(C)(C)C)c1nc(Cl)nc2c1CCC2.Cc1cc(Cl)cc(-c2nc3c(c(N(C)CC(=O)CC(C)(C)C)n2)CCC3)n1.Cc1cc(Cl)cc(Br)n1.Cc1cc(Cl)cc(C)n1.Cc1cc(OCCO)cc(-c2nc3c(c(N(C)CC(=O)CC(C)(C)C)n2)CCC3)n1.OCCO. The van der Waals surface area contributed by atoms with Gasteiger partial charge in [0, 0.05) is 124 Å². The number of carbonyl (C=O) groups is 3. The van der Waals surface area contributed by atoms with Gasteiger partial charge < -0.3 is 34.8 Å². The summed E-state index contributed by atoms with van der Waals surface area (Å²) in [7, 11) is 5.75. The monoisotopic (exact) mass is 1500 g/mol. The van der Waals surface area contributed by atoms with Gasteiger partial charge in [-0.2, -0.15) is 0 Å². The second-order valence-corrected chi connectivity index (χ2v) is 31.2. The number of carbonyl (C=O) groups excluding carboxylic acids is 3. The standard InChI is InChI=1S/C23H32N4O3.C21H27ClN4O.C15H22ClN3O.C7H8ClN.C6H5BrClN.C2H6O2/c1-15-11-17(30-10-9-28)12-20(24-15)21-25-19-8-6-7-18(19)22(26-21)27(5)14-16(29)13-23(2,3)4;1-13-9-14(22)10-18(23-13)19-24-17-8-6-7-16(17)20(25-19)26(5)12-15(27)11-21(2,3)4;1-15(2,3)8-10(20)9-19(4)13-11-6-5-7-12(11)17-14(16)18-13;1-5-3-7(8)4-6(2)9-5;1-4-2-5(8)3-6(7)9-4;3-1-2-4/h11-12,28H,6-10,13-14H2,1-5H3;9-10H,6-8,11-12H2,1-5H3;5-9H2,1-4H3;3-4H,1-2H3;2-3H,1H3;3-4H,1-2H2. The minimum atomic E-state index is -0.125. The lowest BCUT2D eigenvalue weighted by molar-refractivity contribution is -0.120. The van der Waals surface area contributed by atoms with Crippen molar-refractivity contribution in [1.29, 1.82) is 0 Å². The Labute approximate surface area is 614 Å². The predicted octanol–water partition coefficient (Wildman–Crippen LogP) is 14.8. The highest BCUT2D eigenvalue weighted by Crippen LogP contribution is 2.35. The normalized spacial score (nSPS) is 12.7. The lowest BCUT2D eigenvalue weighted by Gasteiger charge is -2.23. The number of aliphatic hydroxyl groups is 3. The molecule has 3 aliphatic rings. The Bertz CT molecular complexity index is 3710. The van der Waals surface area contributed by atoms with E-state index in [9.17, 15) is 14.4 Å². The van der Waals surface area contributed by atoms with Crippen LogP contribution in [0.3, 0.4) is 0 Å². The highest BCUT2D eigenvalue weighted by Gasteiger charge is 2.28. The Morgan fingerprint density at radius 1 is 0.434 bits per heavy atom. The maximum atomic E-state index is 12.6.